The predicted octanol–water partition coefficient (Wildman–Crippen LogP) is 13.0. The van der Waals surface area contributed by atoms with Gasteiger partial charge in [-0.25, -0.2) is 0 Å². The Bertz CT molecular complexity index is 2690. The van der Waals surface area contributed by atoms with Gasteiger partial charge in [0.1, 0.15) is 0 Å². The lowest BCUT2D eigenvalue weighted by molar-refractivity contribution is 0.660. The van der Waals surface area contributed by atoms with Gasteiger partial charge in [-0.15, -0.1) is 0 Å². The summed E-state index contributed by atoms with van der Waals surface area (Å²) in [5.74, 6) is 0. The maximum atomic E-state index is 2.50. The Balaban J connectivity index is 1.20. The first-order valence-electron chi connectivity index (χ1n) is 18.0. The molecule has 1 heteroatoms. The molecule has 1 spiro atoms. The average molecular weight is 650 g/mol. The van der Waals surface area contributed by atoms with E-state index in [1.165, 1.54) is 83.2 Å². The van der Waals surface area contributed by atoms with E-state index in [2.05, 4.69) is 195 Å². The Hall–Kier alpha value is -6.18. The summed E-state index contributed by atoms with van der Waals surface area (Å²) in [7, 11) is 0. The molecule has 3 aliphatic carbocycles. The Labute approximate surface area is 299 Å². The summed E-state index contributed by atoms with van der Waals surface area (Å²) < 4.78 is 0. The summed E-state index contributed by atoms with van der Waals surface area (Å²) >= 11 is 0. The van der Waals surface area contributed by atoms with Gasteiger partial charge in [0.15, 0.2) is 0 Å². The quantitative estimate of drug-likeness (QED) is 0.184. The molecule has 0 aromatic heterocycles. The summed E-state index contributed by atoms with van der Waals surface area (Å²) in [4.78, 5) is 2.46. The van der Waals surface area contributed by atoms with Crippen LogP contribution < -0.4 is 4.90 Å². The third-order valence-electron chi connectivity index (χ3n) is 12.1. The van der Waals surface area contributed by atoms with Crippen molar-refractivity contribution < 1.29 is 0 Å². The van der Waals surface area contributed by atoms with E-state index in [0.717, 1.165) is 11.4 Å². The average Bonchev–Trinajstić information content (AvgIpc) is 3.74. The first-order valence-corrected chi connectivity index (χ1v) is 18.0. The molecule has 0 bridgehead atoms. The van der Waals surface area contributed by atoms with Gasteiger partial charge in [0.25, 0.3) is 0 Å². The summed E-state index contributed by atoms with van der Waals surface area (Å²) in [5, 5.41) is 2.58. The third kappa shape index (κ3) is 3.65. The monoisotopic (exact) mass is 649 g/mol. The number of hydrogen-bond acceptors (Lipinski definition) is 1. The van der Waals surface area contributed by atoms with E-state index in [-0.39, 0.29) is 5.41 Å². The second kappa shape index (κ2) is 10.2. The maximum Gasteiger partial charge on any atom is 0.0726 e. The van der Waals surface area contributed by atoms with Gasteiger partial charge in [0, 0.05) is 22.5 Å². The second-order valence-electron chi connectivity index (χ2n) is 14.9. The molecule has 0 heterocycles. The minimum atomic E-state index is -0.429. The van der Waals surface area contributed by atoms with E-state index >= 15 is 0 Å². The molecule has 0 amide bonds. The highest BCUT2D eigenvalue weighted by atomic mass is 15.1. The van der Waals surface area contributed by atoms with Crippen LogP contribution in [0.2, 0.25) is 0 Å². The Kier molecular flexibility index (Phi) is 5.72. The summed E-state index contributed by atoms with van der Waals surface area (Å²) in [6.45, 7) is 4.73. The zero-order chi connectivity index (χ0) is 33.9. The largest absolute Gasteiger partial charge is 0.310 e. The predicted molar refractivity (Wildman–Crippen MR) is 212 cm³/mol. The molecule has 0 atom stereocenters. The van der Waals surface area contributed by atoms with Crippen molar-refractivity contribution in [1.82, 2.24) is 0 Å². The number of nitrogens with zero attached hydrogens (tertiary/aromatic N) is 1. The van der Waals surface area contributed by atoms with Gasteiger partial charge in [-0.2, -0.15) is 0 Å². The summed E-state index contributed by atoms with van der Waals surface area (Å²) in [6, 6.07) is 65.9. The highest BCUT2D eigenvalue weighted by molar-refractivity contribution is 6.06. The fraction of sp³-hybridized carbons (Fsp3) is 0.0800. The van der Waals surface area contributed by atoms with Gasteiger partial charge in [-0.3, -0.25) is 0 Å². The highest BCUT2D eigenvalue weighted by Crippen LogP contribution is 2.64. The van der Waals surface area contributed by atoms with Gasteiger partial charge in [-0.05, 0) is 114 Å². The van der Waals surface area contributed by atoms with E-state index in [1.54, 1.807) is 0 Å². The Morgan fingerprint density at radius 2 is 0.882 bits per heavy atom. The maximum absolute atomic E-state index is 2.50. The number of rotatable bonds is 3. The van der Waals surface area contributed by atoms with Crippen molar-refractivity contribution in [2.24, 2.45) is 0 Å². The minimum absolute atomic E-state index is 0.0910. The lowest BCUT2D eigenvalue weighted by atomic mass is 9.70. The van der Waals surface area contributed by atoms with E-state index in [0.29, 0.717) is 0 Å². The number of hydrogen-bond donors (Lipinski definition) is 0. The molecule has 1 nitrogen and oxygen atoms in total. The van der Waals surface area contributed by atoms with E-state index in [4.69, 9.17) is 0 Å². The first-order chi connectivity index (χ1) is 25.1. The zero-order valence-electron chi connectivity index (χ0n) is 28.7. The molecule has 0 fully saturated rings. The van der Waals surface area contributed by atoms with Crippen LogP contribution in [0.25, 0.3) is 44.2 Å². The molecule has 8 aromatic carbocycles. The molecular weight excluding hydrogens is 615 g/mol. The highest BCUT2D eigenvalue weighted by Gasteiger charge is 2.52. The van der Waals surface area contributed by atoms with Crippen molar-refractivity contribution in [3.8, 4) is 33.4 Å². The fourth-order valence-electron chi connectivity index (χ4n) is 9.89. The smallest absolute Gasteiger partial charge is 0.0726 e. The number of anilines is 3. The van der Waals surface area contributed by atoms with Crippen LogP contribution in [-0.4, -0.2) is 0 Å². The molecular formula is C50H35N. The van der Waals surface area contributed by atoms with Crippen molar-refractivity contribution in [1.29, 1.82) is 0 Å². The summed E-state index contributed by atoms with van der Waals surface area (Å²) in [6.07, 6.45) is 0. The molecule has 11 rings (SSSR count). The van der Waals surface area contributed by atoms with Crippen LogP contribution in [0.3, 0.4) is 0 Å². The summed E-state index contributed by atoms with van der Waals surface area (Å²) in [5.41, 5.74) is 19.2. The van der Waals surface area contributed by atoms with Crippen molar-refractivity contribution in [3.63, 3.8) is 0 Å². The fourth-order valence-corrected chi connectivity index (χ4v) is 9.89. The molecule has 0 aliphatic heterocycles. The standard InChI is InChI=1S/C50H35N/c1-49(2)42-21-11-8-18-37(42)40-27-25-34(30-46(40)49)51(33-15-4-3-5-16-33)35-26-28-41-47(31-35)50(45-29-24-32-14-6-7-17-36(32)48(41)45)43-22-12-9-19-38(43)39-20-10-13-23-44(39)50/h3-31H,1-2H3. The van der Waals surface area contributed by atoms with Crippen molar-refractivity contribution in [2.45, 2.75) is 24.7 Å². The van der Waals surface area contributed by atoms with Gasteiger partial charge in [0.2, 0.25) is 0 Å². The zero-order valence-corrected chi connectivity index (χ0v) is 28.7. The minimum Gasteiger partial charge on any atom is -0.310 e. The molecule has 0 saturated heterocycles. The Morgan fingerprint density at radius 3 is 1.59 bits per heavy atom. The number of para-hydroxylation sites is 1. The SMILES string of the molecule is CC1(C)c2ccccc2-c2ccc(N(c3ccccc3)c3ccc4c(c3)C3(c5ccccc5-c5ccccc53)c3ccc5ccccc5c3-4)cc21. The molecule has 8 aromatic rings. The van der Waals surface area contributed by atoms with Gasteiger partial charge in [-0.1, -0.05) is 153 Å². The molecule has 51 heavy (non-hydrogen) atoms. The topological polar surface area (TPSA) is 3.24 Å². The van der Waals surface area contributed by atoms with Crippen molar-refractivity contribution in [2.75, 3.05) is 4.90 Å². The van der Waals surface area contributed by atoms with Crippen molar-refractivity contribution >= 4 is 27.8 Å². The second-order valence-corrected chi connectivity index (χ2v) is 14.9. The number of fused-ring (bicyclic) bond motifs is 15. The van der Waals surface area contributed by atoms with Crippen molar-refractivity contribution in [3.05, 3.63) is 209 Å². The molecule has 0 radical (unpaired) electrons. The van der Waals surface area contributed by atoms with Crippen LogP contribution in [-0.2, 0) is 10.8 Å². The van der Waals surface area contributed by atoms with Crippen LogP contribution >= 0.6 is 0 Å². The first kappa shape index (κ1) is 28.6. The van der Waals surface area contributed by atoms with Crippen LogP contribution in [0.5, 0.6) is 0 Å². The van der Waals surface area contributed by atoms with E-state index < -0.39 is 5.41 Å². The van der Waals surface area contributed by atoms with Crippen LogP contribution in [0.1, 0.15) is 47.2 Å². The van der Waals surface area contributed by atoms with Gasteiger partial charge >= 0.3 is 0 Å². The molecule has 0 saturated carbocycles. The van der Waals surface area contributed by atoms with E-state index in [9.17, 15) is 0 Å². The molecule has 240 valence electrons. The lowest BCUT2D eigenvalue weighted by Gasteiger charge is -2.32. The van der Waals surface area contributed by atoms with Gasteiger partial charge in [0.05, 0.1) is 5.41 Å². The molecule has 0 N–H and O–H groups in total. The number of benzene rings is 8. The normalized spacial score (nSPS) is 14.8. The molecule has 3 aliphatic rings. The Morgan fingerprint density at radius 1 is 0.353 bits per heavy atom. The molecule has 0 unspecified atom stereocenters. The van der Waals surface area contributed by atoms with Gasteiger partial charge < -0.3 is 4.90 Å². The van der Waals surface area contributed by atoms with Crippen LogP contribution in [0.15, 0.2) is 176 Å². The van der Waals surface area contributed by atoms with Crippen LogP contribution in [0.4, 0.5) is 17.1 Å². The van der Waals surface area contributed by atoms with E-state index in [1.807, 2.05) is 0 Å². The third-order valence-corrected chi connectivity index (χ3v) is 12.1. The lowest BCUT2D eigenvalue weighted by Crippen LogP contribution is -2.26. The van der Waals surface area contributed by atoms with Crippen LogP contribution in [0, 0.1) is 0 Å².